The largest absolute Gasteiger partial charge is 0.320 e. The van der Waals surface area contributed by atoms with Crippen LogP contribution in [0.1, 0.15) is 67.5 Å². The van der Waals surface area contributed by atoms with Gasteiger partial charge in [-0.2, -0.15) is 0 Å². The Kier molecular flexibility index (Phi) is 6.10. The van der Waals surface area contributed by atoms with E-state index in [0.717, 1.165) is 36.3 Å². The topological polar surface area (TPSA) is 102 Å². The zero-order valence-electron chi connectivity index (χ0n) is 20.7. The summed E-state index contributed by atoms with van der Waals surface area (Å²) >= 11 is 0. The van der Waals surface area contributed by atoms with Crippen molar-refractivity contribution in [2.24, 2.45) is 13.0 Å². The van der Waals surface area contributed by atoms with Gasteiger partial charge in [-0.15, -0.1) is 10.2 Å². The van der Waals surface area contributed by atoms with Crippen molar-refractivity contribution in [3.63, 3.8) is 0 Å². The zero-order valence-corrected chi connectivity index (χ0v) is 20.7. The second-order valence-electron chi connectivity index (χ2n) is 9.83. The van der Waals surface area contributed by atoms with Crippen molar-refractivity contribution in [1.29, 1.82) is 0 Å². The van der Waals surface area contributed by atoms with E-state index in [1.165, 1.54) is 0 Å². The molecule has 1 amide bonds. The summed E-state index contributed by atoms with van der Waals surface area (Å²) < 4.78 is 3.95. The van der Waals surface area contributed by atoms with Crippen molar-refractivity contribution in [2.45, 2.75) is 58.0 Å². The van der Waals surface area contributed by atoms with Gasteiger partial charge in [0, 0.05) is 32.0 Å². The number of aryl methyl sites for hydroxylation is 1. The van der Waals surface area contributed by atoms with Crippen molar-refractivity contribution in [3.05, 3.63) is 72.0 Å². The second kappa shape index (κ2) is 9.22. The highest BCUT2D eigenvalue weighted by Crippen LogP contribution is 2.51. The fraction of sp³-hybridized carbons (Fsp3) is 0.423. The van der Waals surface area contributed by atoms with E-state index in [1.807, 2.05) is 46.7 Å². The Morgan fingerprint density at radius 3 is 2.83 bits per heavy atom. The predicted octanol–water partition coefficient (Wildman–Crippen LogP) is 3.71. The lowest BCUT2D eigenvalue weighted by atomic mass is 9.59. The van der Waals surface area contributed by atoms with Gasteiger partial charge >= 0.3 is 0 Å². The summed E-state index contributed by atoms with van der Waals surface area (Å²) in [7, 11) is 1.97. The van der Waals surface area contributed by atoms with Gasteiger partial charge < -0.3 is 19.6 Å². The maximum Gasteiger partial charge on any atom is 0.259 e. The standard InChI is InChI=1S/C26H32N8O/c1-5-18(3)28-14-21-15-29-23-22(7-6-8-34(21)23)24(35)31-20-9-19(12-27-13-20)26(10-17(2)11-26)25-32-30-16-33(25)4/h6-9,12-13,15-18,28H,5,10-11,14H2,1-4H3,(H,31,35)/t17?,18-,26?/m0/s1. The lowest BCUT2D eigenvalue weighted by Gasteiger charge is -2.45. The number of carbonyl (C=O) groups excluding carboxylic acids is 1. The van der Waals surface area contributed by atoms with Crippen molar-refractivity contribution in [2.75, 3.05) is 5.32 Å². The van der Waals surface area contributed by atoms with E-state index in [2.05, 4.69) is 51.6 Å². The van der Waals surface area contributed by atoms with Gasteiger partial charge in [0.15, 0.2) is 0 Å². The van der Waals surface area contributed by atoms with E-state index in [-0.39, 0.29) is 11.3 Å². The van der Waals surface area contributed by atoms with Gasteiger partial charge in [0.1, 0.15) is 17.8 Å². The SMILES string of the molecule is CC[C@H](C)NCc1cnc2c(C(=O)Nc3cncc(C4(c5nncn5C)CC(C)C4)c3)cccn12. The van der Waals surface area contributed by atoms with Crippen LogP contribution in [0.25, 0.3) is 5.65 Å². The number of aromatic nitrogens is 6. The minimum absolute atomic E-state index is 0.212. The lowest BCUT2D eigenvalue weighted by Crippen LogP contribution is -2.43. The number of nitrogens with zero attached hydrogens (tertiary/aromatic N) is 6. The maximum absolute atomic E-state index is 13.3. The molecule has 4 heterocycles. The number of amides is 1. The number of hydrogen-bond donors (Lipinski definition) is 2. The first-order valence-corrected chi connectivity index (χ1v) is 12.2. The van der Waals surface area contributed by atoms with Crippen molar-refractivity contribution in [3.8, 4) is 0 Å². The molecule has 2 N–H and O–H groups in total. The number of rotatable bonds is 8. The molecule has 4 aromatic heterocycles. The molecule has 0 spiro atoms. The highest BCUT2D eigenvalue weighted by molar-refractivity contribution is 6.08. The van der Waals surface area contributed by atoms with E-state index < -0.39 is 0 Å². The molecule has 1 atom stereocenters. The van der Waals surface area contributed by atoms with E-state index in [1.54, 1.807) is 18.6 Å². The second-order valence-corrected chi connectivity index (χ2v) is 9.83. The number of imidazole rings is 1. The van der Waals surface area contributed by atoms with Crippen LogP contribution in [0.5, 0.6) is 0 Å². The fourth-order valence-electron chi connectivity index (χ4n) is 5.16. The molecule has 0 radical (unpaired) electrons. The van der Waals surface area contributed by atoms with Crippen LogP contribution in [0.2, 0.25) is 0 Å². The van der Waals surface area contributed by atoms with Crippen LogP contribution < -0.4 is 10.6 Å². The monoisotopic (exact) mass is 472 g/mol. The Hall–Kier alpha value is -3.59. The highest BCUT2D eigenvalue weighted by Gasteiger charge is 2.48. The number of pyridine rings is 2. The average Bonchev–Trinajstić information content (AvgIpc) is 3.46. The minimum Gasteiger partial charge on any atom is -0.320 e. The molecule has 1 aliphatic carbocycles. The summed E-state index contributed by atoms with van der Waals surface area (Å²) in [6.45, 7) is 7.24. The van der Waals surface area contributed by atoms with Crippen LogP contribution >= 0.6 is 0 Å². The van der Waals surface area contributed by atoms with Gasteiger partial charge in [0.25, 0.3) is 5.91 Å². The van der Waals surface area contributed by atoms with E-state index in [4.69, 9.17) is 0 Å². The van der Waals surface area contributed by atoms with E-state index in [0.29, 0.717) is 35.4 Å². The third-order valence-corrected chi connectivity index (χ3v) is 7.18. The molecule has 0 bridgehead atoms. The van der Waals surface area contributed by atoms with Crippen LogP contribution in [0.4, 0.5) is 5.69 Å². The molecule has 0 aromatic carbocycles. The number of hydrogen-bond acceptors (Lipinski definition) is 6. The molecular formula is C26H32N8O. The summed E-state index contributed by atoms with van der Waals surface area (Å²) in [4.78, 5) is 22.3. The van der Waals surface area contributed by atoms with Gasteiger partial charge in [0.05, 0.1) is 34.8 Å². The highest BCUT2D eigenvalue weighted by atomic mass is 16.1. The molecular weight excluding hydrogens is 440 g/mol. The molecule has 0 aliphatic heterocycles. The molecule has 1 aliphatic rings. The summed E-state index contributed by atoms with van der Waals surface area (Å²) in [5.74, 6) is 1.31. The third kappa shape index (κ3) is 4.20. The van der Waals surface area contributed by atoms with Gasteiger partial charge in [-0.3, -0.25) is 9.78 Å². The quantitative estimate of drug-likeness (QED) is 0.405. The molecule has 35 heavy (non-hydrogen) atoms. The van der Waals surface area contributed by atoms with Crippen LogP contribution in [0.3, 0.4) is 0 Å². The van der Waals surface area contributed by atoms with Gasteiger partial charge in [0.2, 0.25) is 0 Å². The summed E-state index contributed by atoms with van der Waals surface area (Å²) in [5.41, 5.74) is 3.64. The first kappa shape index (κ1) is 23.2. The molecule has 9 heteroatoms. The Morgan fingerprint density at radius 2 is 2.11 bits per heavy atom. The molecule has 9 nitrogen and oxygen atoms in total. The first-order valence-electron chi connectivity index (χ1n) is 12.2. The number of anilines is 1. The molecule has 0 unspecified atom stereocenters. The Morgan fingerprint density at radius 1 is 1.29 bits per heavy atom. The Bertz CT molecular complexity index is 1350. The predicted molar refractivity (Wildman–Crippen MR) is 134 cm³/mol. The summed E-state index contributed by atoms with van der Waals surface area (Å²) in [5, 5.41) is 15.0. The molecule has 5 rings (SSSR count). The number of nitrogens with one attached hydrogen (secondary N) is 2. The number of carbonyl (C=O) groups is 1. The first-order chi connectivity index (χ1) is 16.9. The molecule has 0 saturated heterocycles. The number of fused-ring (bicyclic) bond motifs is 1. The van der Waals surface area contributed by atoms with Crippen LogP contribution in [0.15, 0.2) is 49.3 Å². The fourth-order valence-corrected chi connectivity index (χ4v) is 5.16. The van der Waals surface area contributed by atoms with Gasteiger partial charge in [-0.05, 0) is 55.9 Å². The van der Waals surface area contributed by atoms with Crippen LogP contribution in [-0.4, -0.2) is 41.1 Å². The molecule has 1 saturated carbocycles. The molecule has 4 aromatic rings. The molecule has 1 fully saturated rings. The Labute approximate surface area is 205 Å². The van der Waals surface area contributed by atoms with Crippen molar-refractivity contribution >= 4 is 17.2 Å². The normalized spacial score (nSPS) is 20.5. The van der Waals surface area contributed by atoms with Crippen molar-refractivity contribution in [1.82, 2.24) is 34.4 Å². The van der Waals surface area contributed by atoms with Gasteiger partial charge in [-0.1, -0.05) is 13.8 Å². The molecule has 182 valence electrons. The smallest absolute Gasteiger partial charge is 0.259 e. The maximum atomic E-state index is 13.3. The van der Waals surface area contributed by atoms with E-state index >= 15 is 0 Å². The van der Waals surface area contributed by atoms with Crippen LogP contribution in [-0.2, 0) is 19.0 Å². The average molecular weight is 473 g/mol. The summed E-state index contributed by atoms with van der Waals surface area (Å²) in [6.07, 6.45) is 12.1. The zero-order chi connectivity index (χ0) is 24.6. The minimum atomic E-state index is -0.237. The lowest BCUT2D eigenvalue weighted by molar-refractivity contribution is 0.102. The third-order valence-electron chi connectivity index (χ3n) is 7.18. The van der Waals surface area contributed by atoms with Crippen LogP contribution in [0, 0.1) is 5.92 Å². The van der Waals surface area contributed by atoms with E-state index in [9.17, 15) is 4.79 Å². The van der Waals surface area contributed by atoms with Crippen molar-refractivity contribution < 1.29 is 4.79 Å². The Balaban J connectivity index is 1.40. The summed E-state index contributed by atoms with van der Waals surface area (Å²) in [6, 6.07) is 6.10. The van der Waals surface area contributed by atoms with Gasteiger partial charge in [-0.25, -0.2) is 4.98 Å².